The Morgan fingerprint density at radius 3 is 2.58 bits per heavy atom. The lowest BCUT2D eigenvalue weighted by Gasteiger charge is -2.14. The molecule has 1 aromatic heterocycles. The minimum Gasteiger partial charge on any atom is -0.398 e. The maximum absolute atomic E-state index is 12.2. The number of nitrogen functional groups attached to an aromatic ring is 1. The van der Waals surface area contributed by atoms with Crippen LogP contribution >= 0.6 is 11.3 Å². The molecule has 0 radical (unpaired) electrons. The molecule has 1 unspecified atom stereocenters. The van der Waals surface area contributed by atoms with Crippen LogP contribution in [0.5, 0.6) is 0 Å². The van der Waals surface area contributed by atoms with Crippen molar-refractivity contribution in [2.45, 2.75) is 26.8 Å². The molecule has 1 heterocycles. The quantitative estimate of drug-likeness (QED) is 0.842. The number of amides is 1. The number of hydrogen-bond donors (Lipinski definition) is 2. The summed E-state index contributed by atoms with van der Waals surface area (Å²) in [7, 11) is 0. The van der Waals surface area contributed by atoms with E-state index in [4.69, 9.17) is 5.73 Å². The third kappa shape index (κ3) is 2.96. The van der Waals surface area contributed by atoms with Crippen LogP contribution in [0.1, 0.15) is 38.6 Å². The molecule has 0 aliphatic rings. The van der Waals surface area contributed by atoms with Crippen molar-refractivity contribution in [3.05, 3.63) is 51.2 Å². The number of thiophene rings is 1. The van der Waals surface area contributed by atoms with Crippen molar-refractivity contribution in [1.29, 1.82) is 0 Å². The second-order valence-electron chi connectivity index (χ2n) is 4.65. The highest BCUT2D eigenvalue weighted by Gasteiger charge is 2.16. The monoisotopic (exact) mass is 274 g/mol. The minimum atomic E-state index is -0.131. The van der Waals surface area contributed by atoms with E-state index in [1.165, 1.54) is 15.3 Å². The largest absolute Gasteiger partial charge is 0.398 e. The predicted octanol–water partition coefficient (Wildman–Crippen LogP) is 3.44. The fraction of sp³-hybridized carbons (Fsp3) is 0.267. The van der Waals surface area contributed by atoms with Gasteiger partial charge in [-0.15, -0.1) is 11.3 Å². The van der Waals surface area contributed by atoms with E-state index in [9.17, 15) is 4.79 Å². The van der Waals surface area contributed by atoms with E-state index in [-0.39, 0.29) is 11.9 Å². The molecular weight excluding hydrogens is 256 g/mol. The summed E-state index contributed by atoms with van der Waals surface area (Å²) in [6.45, 7) is 6.14. The van der Waals surface area contributed by atoms with Crippen molar-refractivity contribution in [2.75, 3.05) is 5.73 Å². The molecule has 1 aromatic carbocycles. The Labute approximate surface area is 117 Å². The summed E-state index contributed by atoms with van der Waals surface area (Å²) in [5, 5.41) is 3.00. The topological polar surface area (TPSA) is 55.1 Å². The lowest BCUT2D eigenvalue weighted by atomic mass is 10.1. The van der Waals surface area contributed by atoms with Gasteiger partial charge in [0, 0.05) is 15.4 Å². The van der Waals surface area contributed by atoms with E-state index < -0.39 is 0 Å². The van der Waals surface area contributed by atoms with E-state index in [1.807, 2.05) is 19.1 Å². The zero-order valence-electron chi connectivity index (χ0n) is 11.4. The van der Waals surface area contributed by atoms with E-state index >= 15 is 0 Å². The van der Waals surface area contributed by atoms with Crippen LogP contribution in [-0.2, 0) is 0 Å². The van der Waals surface area contributed by atoms with Gasteiger partial charge in [-0.05, 0) is 44.5 Å². The molecule has 0 saturated heterocycles. The van der Waals surface area contributed by atoms with Crippen LogP contribution in [0.15, 0.2) is 30.3 Å². The average molecular weight is 274 g/mol. The van der Waals surface area contributed by atoms with Gasteiger partial charge in [-0.3, -0.25) is 4.79 Å². The number of aryl methyl sites for hydroxylation is 2. The molecule has 0 saturated carbocycles. The van der Waals surface area contributed by atoms with E-state index in [0.717, 1.165) is 0 Å². The van der Waals surface area contributed by atoms with Gasteiger partial charge < -0.3 is 11.1 Å². The number of rotatable bonds is 3. The Balaban J connectivity index is 2.15. The third-order valence-corrected chi connectivity index (χ3v) is 4.08. The van der Waals surface area contributed by atoms with Gasteiger partial charge in [0.25, 0.3) is 5.91 Å². The van der Waals surface area contributed by atoms with Gasteiger partial charge in [-0.1, -0.05) is 12.1 Å². The smallest absolute Gasteiger partial charge is 0.253 e. The summed E-state index contributed by atoms with van der Waals surface area (Å²) < 4.78 is 0. The third-order valence-electron chi connectivity index (χ3n) is 3.10. The molecule has 1 amide bonds. The molecule has 0 fully saturated rings. The Bertz CT molecular complexity index is 604. The Morgan fingerprint density at radius 1 is 1.32 bits per heavy atom. The van der Waals surface area contributed by atoms with Crippen LogP contribution in [0.4, 0.5) is 5.69 Å². The van der Waals surface area contributed by atoms with Crippen LogP contribution in [-0.4, -0.2) is 5.91 Å². The first kappa shape index (κ1) is 13.6. The van der Waals surface area contributed by atoms with Gasteiger partial charge >= 0.3 is 0 Å². The summed E-state index contributed by atoms with van der Waals surface area (Å²) in [5.74, 6) is -0.131. The molecule has 3 N–H and O–H groups in total. The van der Waals surface area contributed by atoms with Gasteiger partial charge in [-0.25, -0.2) is 0 Å². The number of para-hydroxylation sites is 1. The fourth-order valence-electron chi connectivity index (χ4n) is 2.14. The van der Waals surface area contributed by atoms with Crippen LogP contribution in [0.3, 0.4) is 0 Å². The van der Waals surface area contributed by atoms with Crippen molar-refractivity contribution >= 4 is 22.9 Å². The first-order valence-corrected chi connectivity index (χ1v) is 7.03. The Kier molecular flexibility index (Phi) is 3.90. The number of carbonyl (C=O) groups excluding carboxylic acids is 1. The number of nitrogens with one attached hydrogen (secondary N) is 1. The van der Waals surface area contributed by atoms with Gasteiger partial charge in [0.15, 0.2) is 0 Å². The summed E-state index contributed by atoms with van der Waals surface area (Å²) >= 11 is 1.75. The van der Waals surface area contributed by atoms with Crippen LogP contribution in [0, 0.1) is 13.8 Å². The number of nitrogens with two attached hydrogens (primary N) is 1. The lowest BCUT2D eigenvalue weighted by molar-refractivity contribution is 0.0941. The highest BCUT2D eigenvalue weighted by molar-refractivity contribution is 7.12. The molecule has 0 aliphatic carbocycles. The van der Waals surface area contributed by atoms with Crippen molar-refractivity contribution in [1.82, 2.24) is 5.32 Å². The average Bonchev–Trinajstić information content (AvgIpc) is 2.69. The lowest BCUT2D eigenvalue weighted by Crippen LogP contribution is -2.27. The SMILES string of the molecule is Cc1cc(C(C)NC(=O)c2ccccc2N)c(C)s1. The van der Waals surface area contributed by atoms with E-state index in [2.05, 4.69) is 25.2 Å². The maximum atomic E-state index is 12.2. The van der Waals surface area contributed by atoms with Crippen molar-refractivity contribution in [3.63, 3.8) is 0 Å². The standard InChI is InChI=1S/C15H18N2OS/c1-9-8-13(11(3)19-9)10(2)17-15(18)12-6-4-5-7-14(12)16/h4-8,10H,16H2,1-3H3,(H,17,18). The first-order chi connectivity index (χ1) is 8.99. The molecule has 19 heavy (non-hydrogen) atoms. The predicted molar refractivity (Wildman–Crippen MR) is 80.5 cm³/mol. The van der Waals surface area contributed by atoms with Gasteiger partial charge in [-0.2, -0.15) is 0 Å². The molecule has 0 spiro atoms. The summed E-state index contributed by atoms with van der Waals surface area (Å²) in [6.07, 6.45) is 0. The summed E-state index contributed by atoms with van der Waals surface area (Å²) in [6, 6.07) is 9.22. The fourth-order valence-corrected chi connectivity index (χ4v) is 3.16. The number of hydrogen-bond acceptors (Lipinski definition) is 3. The molecular formula is C15H18N2OS. The van der Waals surface area contributed by atoms with Crippen LogP contribution < -0.4 is 11.1 Å². The van der Waals surface area contributed by atoms with E-state index in [0.29, 0.717) is 11.3 Å². The second kappa shape index (κ2) is 5.45. The Morgan fingerprint density at radius 2 is 2.00 bits per heavy atom. The number of anilines is 1. The molecule has 100 valence electrons. The molecule has 0 bridgehead atoms. The van der Waals surface area contributed by atoms with Crippen molar-refractivity contribution in [3.8, 4) is 0 Å². The highest BCUT2D eigenvalue weighted by Crippen LogP contribution is 2.26. The zero-order valence-corrected chi connectivity index (χ0v) is 12.2. The number of benzene rings is 1. The summed E-state index contributed by atoms with van der Waals surface area (Å²) in [4.78, 5) is 14.7. The van der Waals surface area contributed by atoms with Gasteiger partial charge in [0.1, 0.15) is 0 Å². The maximum Gasteiger partial charge on any atom is 0.253 e. The molecule has 2 rings (SSSR count). The first-order valence-electron chi connectivity index (χ1n) is 6.21. The molecule has 3 nitrogen and oxygen atoms in total. The Hall–Kier alpha value is -1.81. The van der Waals surface area contributed by atoms with Crippen LogP contribution in [0.25, 0.3) is 0 Å². The number of carbonyl (C=O) groups is 1. The zero-order chi connectivity index (χ0) is 14.0. The molecule has 2 aromatic rings. The van der Waals surface area contributed by atoms with Crippen LogP contribution in [0.2, 0.25) is 0 Å². The van der Waals surface area contributed by atoms with Gasteiger partial charge in [0.05, 0.1) is 11.6 Å². The highest BCUT2D eigenvalue weighted by atomic mass is 32.1. The molecule has 0 aliphatic heterocycles. The molecule has 1 atom stereocenters. The van der Waals surface area contributed by atoms with Gasteiger partial charge in [0.2, 0.25) is 0 Å². The normalized spacial score (nSPS) is 12.2. The summed E-state index contributed by atoms with van der Waals surface area (Å²) in [5.41, 5.74) is 8.01. The van der Waals surface area contributed by atoms with Crippen molar-refractivity contribution < 1.29 is 4.79 Å². The second-order valence-corrected chi connectivity index (χ2v) is 6.11. The molecule has 4 heteroatoms. The minimum absolute atomic E-state index is 0.0166. The van der Waals surface area contributed by atoms with E-state index in [1.54, 1.807) is 23.5 Å². The van der Waals surface area contributed by atoms with Crippen molar-refractivity contribution in [2.24, 2.45) is 0 Å².